The van der Waals surface area contributed by atoms with E-state index in [-0.39, 0.29) is 11.8 Å². The molecule has 1 heterocycles. The van der Waals surface area contributed by atoms with Crippen LogP contribution in [0.15, 0.2) is 77.2 Å². The number of aliphatic carboxylic acids is 1. The molecule has 0 fully saturated rings. The third kappa shape index (κ3) is 9.01. The van der Waals surface area contributed by atoms with Gasteiger partial charge in [-0.1, -0.05) is 77.6 Å². The van der Waals surface area contributed by atoms with Crippen LogP contribution in [0.1, 0.15) is 81.3 Å². The largest absolute Gasteiger partial charge is 0.494 e. The fraction of sp³-hybridized carbons (Fsp3) is 0.371. The van der Waals surface area contributed by atoms with Crippen molar-refractivity contribution in [2.45, 2.75) is 77.7 Å². The van der Waals surface area contributed by atoms with Crippen molar-refractivity contribution in [1.29, 1.82) is 0 Å². The molecule has 0 aliphatic rings. The Morgan fingerprint density at radius 1 is 0.837 bits per heavy atom. The van der Waals surface area contributed by atoms with Crippen LogP contribution in [0.3, 0.4) is 0 Å². The lowest BCUT2D eigenvalue weighted by Gasteiger charge is -2.19. The lowest BCUT2D eigenvalue weighted by Crippen LogP contribution is -2.42. The van der Waals surface area contributed by atoms with Crippen molar-refractivity contribution in [2.75, 3.05) is 6.61 Å². The van der Waals surface area contributed by atoms with Crippen molar-refractivity contribution >= 4 is 11.9 Å². The molecule has 0 bridgehead atoms. The maximum atomic E-state index is 12.8. The number of ether oxygens (including phenoxy) is 1. The number of benzene rings is 3. The summed E-state index contributed by atoms with van der Waals surface area (Å²) in [7, 11) is 0. The van der Waals surface area contributed by atoms with Crippen LogP contribution < -0.4 is 10.1 Å². The van der Waals surface area contributed by atoms with E-state index in [0.29, 0.717) is 29.5 Å². The number of nitrogens with one attached hydrogen (secondary N) is 1. The molecule has 8 nitrogen and oxygen atoms in total. The molecule has 43 heavy (non-hydrogen) atoms. The van der Waals surface area contributed by atoms with Crippen molar-refractivity contribution in [3.63, 3.8) is 0 Å². The summed E-state index contributed by atoms with van der Waals surface area (Å²) in [6.07, 6.45) is 6.10. The highest BCUT2D eigenvalue weighted by Crippen LogP contribution is 2.26. The second-order valence-electron chi connectivity index (χ2n) is 11.8. The molecular weight excluding hydrogens is 542 g/mol. The fourth-order valence-electron chi connectivity index (χ4n) is 4.63. The predicted octanol–water partition coefficient (Wildman–Crippen LogP) is 7.48. The number of amides is 1. The first-order chi connectivity index (χ1) is 20.6. The number of carbonyl (C=O) groups excluding carboxylic acids is 1. The van der Waals surface area contributed by atoms with E-state index in [4.69, 9.17) is 9.15 Å². The van der Waals surface area contributed by atoms with E-state index >= 15 is 0 Å². The van der Waals surface area contributed by atoms with Crippen LogP contribution in [0, 0.1) is 0 Å². The third-order valence-corrected chi connectivity index (χ3v) is 7.30. The summed E-state index contributed by atoms with van der Waals surface area (Å²) in [5.74, 6) is 0.0348. The molecule has 8 heteroatoms. The van der Waals surface area contributed by atoms with Crippen LogP contribution >= 0.6 is 0 Å². The molecular formula is C35H41N3O5. The summed E-state index contributed by atoms with van der Waals surface area (Å²) in [5, 5.41) is 20.8. The average molecular weight is 584 g/mol. The second kappa shape index (κ2) is 14.6. The molecule has 0 radical (unpaired) electrons. The van der Waals surface area contributed by atoms with Crippen molar-refractivity contribution in [2.24, 2.45) is 0 Å². The maximum Gasteiger partial charge on any atom is 0.326 e. The summed E-state index contributed by atoms with van der Waals surface area (Å²) in [6.45, 7) is 9.19. The topological polar surface area (TPSA) is 115 Å². The van der Waals surface area contributed by atoms with Gasteiger partial charge in [0, 0.05) is 23.1 Å². The van der Waals surface area contributed by atoms with Gasteiger partial charge in [-0.15, -0.1) is 10.2 Å². The fourth-order valence-corrected chi connectivity index (χ4v) is 4.63. The molecule has 0 aliphatic carbocycles. The molecule has 4 rings (SSSR count). The minimum atomic E-state index is -1.10. The average Bonchev–Trinajstić information content (AvgIpc) is 3.49. The van der Waals surface area contributed by atoms with E-state index in [0.717, 1.165) is 28.9 Å². The van der Waals surface area contributed by atoms with Gasteiger partial charge < -0.3 is 19.6 Å². The number of nitrogens with zero attached hydrogens (tertiary/aromatic N) is 2. The number of aromatic nitrogens is 2. The molecule has 1 amide bonds. The van der Waals surface area contributed by atoms with Crippen molar-refractivity contribution in [3.05, 3.63) is 89.5 Å². The molecule has 0 saturated carbocycles. The molecule has 4 aromatic rings. The van der Waals surface area contributed by atoms with E-state index in [1.54, 1.807) is 36.4 Å². The smallest absolute Gasteiger partial charge is 0.326 e. The highest BCUT2D eigenvalue weighted by molar-refractivity contribution is 5.96. The van der Waals surface area contributed by atoms with E-state index in [1.807, 2.05) is 36.4 Å². The predicted molar refractivity (Wildman–Crippen MR) is 167 cm³/mol. The number of carboxylic acid groups (broad SMARTS) is 1. The number of rotatable bonds is 14. The quantitative estimate of drug-likeness (QED) is 0.148. The Bertz CT molecular complexity index is 1470. The van der Waals surface area contributed by atoms with Gasteiger partial charge in [0.15, 0.2) is 0 Å². The minimum Gasteiger partial charge on any atom is -0.494 e. The SMILES string of the molecule is CCCCCCCOc1ccc(-c2nnc(-c3ccc(CC(NC(=O)c4ccc(C(C)(C)C)cc4)C(=O)O)cc3)o2)cc1. The molecule has 0 aliphatic heterocycles. The van der Waals surface area contributed by atoms with Gasteiger partial charge in [-0.25, -0.2) is 4.79 Å². The number of hydrogen-bond acceptors (Lipinski definition) is 6. The zero-order valence-corrected chi connectivity index (χ0v) is 25.4. The molecule has 1 aromatic heterocycles. The van der Waals surface area contributed by atoms with Crippen LogP contribution in [0.2, 0.25) is 0 Å². The molecule has 0 saturated heterocycles. The zero-order chi connectivity index (χ0) is 30.8. The van der Waals surface area contributed by atoms with Crippen molar-refractivity contribution < 1.29 is 23.8 Å². The summed E-state index contributed by atoms with van der Waals surface area (Å²) in [5.41, 5.74) is 3.72. The van der Waals surface area contributed by atoms with Crippen LogP contribution in [0.5, 0.6) is 5.75 Å². The second-order valence-corrected chi connectivity index (χ2v) is 11.8. The Morgan fingerprint density at radius 2 is 1.42 bits per heavy atom. The van der Waals surface area contributed by atoms with Gasteiger partial charge in [0.1, 0.15) is 11.8 Å². The van der Waals surface area contributed by atoms with Gasteiger partial charge in [0.05, 0.1) is 6.61 Å². The first-order valence-corrected chi connectivity index (χ1v) is 14.9. The Balaban J connectivity index is 1.33. The molecule has 226 valence electrons. The van der Waals surface area contributed by atoms with Crippen LogP contribution in [0.4, 0.5) is 0 Å². The van der Waals surface area contributed by atoms with Gasteiger partial charge in [-0.05, 0) is 71.5 Å². The van der Waals surface area contributed by atoms with E-state index in [2.05, 4.69) is 43.2 Å². The Morgan fingerprint density at radius 3 is 1.98 bits per heavy atom. The Kier molecular flexibility index (Phi) is 10.7. The monoisotopic (exact) mass is 583 g/mol. The normalized spacial score (nSPS) is 12.1. The van der Waals surface area contributed by atoms with Crippen LogP contribution in [-0.4, -0.2) is 39.8 Å². The van der Waals surface area contributed by atoms with Crippen molar-refractivity contribution in [1.82, 2.24) is 15.5 Å². The minimum absolute atomic E-state index is 0.0404. The Labute approximate surface area is 253 Å². The highest BCUT2D eigenvalue weighted by atomic mass is 16.5. The number of hydrogen-bond donors (Lipinski definition) is 2. The number of carboxylic acids is 1. The maximum absolute atomic E-state index is 12.8. The van der Waals surface area contributed by atoms with Gasteiger partial charge in [0.25, 0.3) is 5.91 Å². The lowest BCUT2D eigenvalue weighted by molar-refractivity contribution is -0.139. The summed E-state index contributed by atoms with van der Waals surface area (Å²) < 4.78 is 11.7. The lowest BCUT2D eigenvalue weighted by atomic mass is 9.86. The molecule has 0 spiro atoms. The van der Waals surface area contributed by atoms with Gasteiger partial charge >= 0.3 is 5.97 Å². The van der Waals surface area contributed by atoms with Gasteiger partial charge in [0.2, 0.25) is 11.8 Å². The number of unbranched alkanes of at least 4 members (excludes halogenated alkanes) is 4. The highest BCUT2D eigenvalue weighted by Gasteiger charge is 2.22. The summed E-state index contributed by atoms with van der Waals surface area (Å²) in [6, 6.07) is 21.0. The zero-order valence-electron chi connectivity index (χ0n) is 25.4. The van der Waals surface area contributed by atoms with Gasteiger partial charge in [-0.2, -0.15) is 0 Å². The van der Waals surface area contributed by atoms with E-state index < -0.39 is 17.9 Å². The standard InChI is InChI=1S/C35H41N3O5/c1-5-6-7-8-9-22-42-29-20-16-27(17-21-29)33-38-37-32(43-33)26-12-10-24(11-13-26)23-30(34(40)41)36-31(39)25-14-18-28(19-15-25)35(2,3)4/h10-21,30H,5-9,22-23H2,1-4H3,(H,36,39)(H,40,41). The van der Waals surface area contributed by atoms with E-state index in [9.17, 15) is 14.7 Å². The molecule has 1 unspecified atom stereocenters. The summed E-state index contributed by atoms with van der Waals surface area (Å²) in [4.78, 5) is 24.7. The molecule has 1 atom stereocenters. The van der Waals surface area contributed by atoms with Crippen LogP contribution in [0.25, 0.3) is 22.9 Å². The van der Waals surface area contributed by atoms with Crippen LogP contribution in [-0.2, 0) is 16.6 Å². The summed E-state index contributed by atoms with van der Waals surface area (Å²) >= 11 is 0. The van der Waals surface area contributed by atoms with E-state index in [1.165, 1.54) is 25.7 Å². The Hall–Kier alpha value is -4.46. The van der Waals surface area contributed by atoms with Gasteiger partial charge in [-0.3, -0.25) is 4.79 Å². The first-order valence-electron chi connectivity index (χ1n) is 14.9. The number of carbonyl (C=O) groups is 2. The first kappa shape index (κ1) is 31.5. The van der Waals surface area contributed by atoms with Crippen molar-refractivity contribution in [3.8, 4) is 28.7 Å². The molecule has 3 aromatic carbocycles. The third-order valence-electron chi connectivity index (χ3n) is 7.30. The molecule has 2 N–H and O–H groups in total.